The van der Waals surface area contributed by atoms with Crippen molar-refractivity contribution in [3.63, 3.8) is 0 Å². The molecule has 0 aliphatic rings. The van der Waals surface area contributed by atoms with E-state index in [-0.39, 0.29) is 0 Å². The average Bonchev–Trinajstić information content (AvgIpc) is 2.50. The second-order valence-corrected chi connectivity index (χ2v) is 4.07. The first kappa shape index (κ1) is 22.6. The summed E-state index contributed by atoms with van der Waals surface area (Å²) < 4.78 is 144. The molecule has 1 N–H and O–H groups in total. The highest BCUT2D eigenvalue weighted by Crippen LogP contribution is 2.51. The predicted molar refractivity (Wildman–Crippen MR) is 57.0 cm³/mol. The predicted octanol–water partition coefficient (Wildman–Crippen LogP) is 4.52. The van der Waals surface area contributed by atoms with Crippen molar-refractivity contribution in [2.75, 3.05) is 19.9 Å². The normalized spacial score (nSPS) is 18.0. The van der Waals surface area contributed by atoms with Gasteiger partial charge in [-0.05, 0) is 6.42 Å². The van der Waals surface area contributed by atoms with Crippen LogP contribution in [0.4, 0.5) is 48.3 Å². The molecule has 0 aliphatic heterocycles. The largest absolute Gasteiger partial charge is 0.460 e. The van der Waals surface area contributed by atoms with Crippen LogP contribution in [0.2, 0.25) is 0 Å². The van der Waals surface area contributed by atoms with E-state index in [1.165, 1.54) is 0 Å². The molecule has 24 heavy (non-hydrogen) atoms. The molecule has 0 saturated carbocycles. The smallest absolute Gasteiger partial charge is 0.396 e. The van der Waals surface area contributed by atoms with Gasteiger partial charge in [-0.3, -0.25) is 0 Å². The first-order valence-corrected chi connectivity index (χ1v) is 5.82. The Kier molecular flexibility index (Phi) is 7.67. The van der Waals surface area contributed by atoms with E-state index in [0.717, 1.165) is 0 Å². The molecule has 0 aromatic rings. The van der Waals surface area contributed by atoms with Crippen LogP contribution in [0.5, 0.6) is 0 Å². The molecule has 13 heteroatoms. The number of aliphatic hydroxyl groups is 1. The Morgan fingerprint density at radius 2 is 1.38 bits per heavy atom. The first-order valence-electron chi connectivity index (χ1n) is 5.82. The minimum atomic E-state index is -6.82. The number of alkyl halides is 7. The monoisotopic (exact) mass is 382 g/mol. The molecule has 0 rings (SSSR count). The Balaban J connectivity index is 6.24. The van der Waals surface area contributed by atoms with E-state index in [2.05, 4.69) is 4.74 Å². The zero-order chi connectivity index (χ0) is 19.3. The number of hydrogen-bond acceptors (Lipinski definition) is 2. The van der Waals surface area contributed by atoms with Crippen LogP contribution < -0.4 is 0 Å². The van der Waals surface area contributed by atoms with Gasteiger partial charge in [-0.1, -0.05) is 0 Å². The standard InChI is InChI=1S/C11H9F11O2/c12-4-5(13)6(14)7(15)8(16)9(17,24-3-1-2-23)10(18,19)11(20,21)22/h23H,1-4H2/b6-5+,8-7+. The van der Waals surface area contributed by atoms with Crippen molar-refractivity contribution >= 4 is 0 Å². The van der Waals surface area contributed by atoms with Crippen LogP contribution in [0.3, 0.4) is 0 Å². The van der Waals surface area contributed by atoms with Crippen LogP contribution >= 0.6 is 0 Å². The third kappa shape index (κ3) is 4.37. The summed E-state index contributed by atoms with van der Waals surface area (Å²) in [7, 11) is 0. The van der Waals surface area contributed by atoms with E-state index in [9.17, 15) is 48.3 Å². The number of halogens is 11. The summed E-state index contributed by atoms with van der Waals surface area (Å²) in [5, 5.41) is 8.32. The maximum absolute atomic E-state index is 13.9. The van der Waals surface area contributed by atoms with Crippen LogP contribution in [-0.4, -0.2) is 42.9 Å². The molecule has 0 aliphatic carbocycles. The molecule has 0 saturated heterocycles. The van der Waals surface area contributed by atoms with Gasteiger partial charge in [0.25, 0.3) is 0 Å². The van der Waals surface area contributed by atoms with Crippen molar-refractivity contribution in [2.24, 2.45) is 0 Å². The molecule has 0 amide bonds. The van der Waals surface area contributed by atoms with Crippen molar-refractivity contribution in [1.82, 2.24) is 0 Å². The lowest BCUT2D eigenvalue weighted by Gasteiger charge is -2.33. The fourth-order valence-corrected chi connectivity index (χ4v) is 1.17. The lowest BCUT2D eigenvalue weighted by Crippen LogP contribution is -2.56. The van der Waals surface area contributed by atoms with Gasteiger partial charge in [-0.2, -0.15) is 26.3 Å². The lowest BCUT2D eigenvalue weighted by molar-refractivity contribution is -0.375. The van der Waals surface area contributed by atoms with E-state index in [4.69, 9.17) is 5.11 Å². The minimum Gasteiger partial charge on any atom is -0.396 e. The Labute approximate surface area is 127 Å². The minimum absolute atomic E-state index is 0.786. The van der Waals surface area contributed by atoms with E-state index in [0.29, 0.717) is 0 Å². The molecule has 2 nitrogen and oxygen atoms in total. The molecule has 0 aromatic heterocycles. The molecule has 0 spiro atoms. The van der Waals surface area contributed by atoms with Gasteiger partial charge in [-0.15, -0.1) is 0 Å². The maximum Gasteiger partial charge on any atom is 0.460 e. The van der Waals surface area contributed by atoms with Crippen molar-refractivity contribution in [3.05, 3.63) is 23.3 Å². The average molecular weight is 382 g/mol. The fraction of sp³-hybridized carbons (Fsp3) is 0.636. The molecule has 0 aromatic carbocycles. The number of hydrogen-bond donors (Lipinski definition) is 1. The van der Waals surface area contributed by atoms with Gasteiger partial charge in [0, 0.05) is 6.61 Å². The van der Waals surface area contributed by atoms with E-state index < -0.39 is 67.6 Å². The summed E-state index contributed by atoms with van der Waals surface area (Å²) in [6, 6.07) is 0. The van der Waals surface area contributed by atoms with Crippen LogP contribution in [0.25, 0.3) is 0 Å². The summed E-state index contributed by atoms with van der Waals surface area (Å²) in [6.45, 7) is -4.81. The van der Waals surface area contributed by atoms with E-state index in [1.807, 2.05) is 0 Å². The molecular weight excluding hydrogens is 373 g/mol. The number of ether oxygens (including phenoxy) is 1. The third-order valence-corrected chi connectivity index (χ3v) is 2.39. The topological polar surface area (TPSA) is 29.5 Å². The zero-order valence-corrected chi connectivity index (χ0v) is 11.3. The quantitative estimate of drug-likeness (QED) is 0.380. The molecule has 0 fully saturated rings. The highest BCUT2D eigenvalue weighted by atomic mass is 19.4. The third-order valence-electron chi connectivity index (χ3n) is 2.39. The fourth-order valence-electron chi connectivity index (χ4n) is 1.17. The molecule has 142 valence electrons. The Hall–Kier alpha value is -1.37. The Morgan fingerprint density at radius 3 is 1.75 bits per heavy atom. The van der Waals surface area contributed by atoms with Crippen molar-refractivity contribution < 1.29 is 58.1 Å². The van der Waals surface area contributed by atoms with Gasteiger partial charge >= 0.3 is 18.0 Å². The van der Waals surface area contributed by atoms with Gasteiger partial charge in [0.05, 0.1) is 6.61 Å². The summed E-state index contributed by atoms with van der Waals surface area (Å²) in [4.78, 5) is 0. The first-order chi connectivity index (χ1) is 10.8. The number of rotatable bonds is 8. The SMILES string of the molecule is OCCCOC(F)(/C(F)=C(F)/C(F)=C(\F)CF)C(F)(F)C(F)(F)F. The highest BCUT2D eigenvalue weighted by Gasteiger charge is 2.75. The molecule has 0 heterocycles. The lowest BCUT2D eigenvalue weighted by atomic mass is 10.1. The van der Waals surface area contributed by atoms with Crippen LogP contribution in [0, 0.1) is 0 Å². The summed E-state index contributed by atoms with van der Waals surface area (Å²) in [5.41, 5.74) is 0. The molecule has 0 bridgehead atoms. The second-order valence-electron chi connectivity index (χ2n) is 4.07. The van der Waals surface area contributed by atoms with Crippen molar-refractivity contribution in [2.45, 2.75) is 24.4 Å². The van der Waals surface area contributed by atoms with Crippen LogP contribution in [0.1, 0.15) is 6.42 Å². The highest BCUT2D eigenvalue weighted by molar-refractivity contribution is 5.30. The number of aliphatic hydroxyl groups excluding tert-OH is 1. The second kappa shape index (κ2) is 8.14. The van der Waals surface area contributed by atoms with Gasteiger partial charge in [0.15, 0.2) is 17.5 Å². The van der Waals surface area contributed by atoms with Gasteiger partial charge < -0.3 is 9.84 Å². The zero-order valence-electron chi connectivity index (χ0n) is 11.3. The van der Waals surface area contributed by atoms with E-state index in [1.54, 1.807) is 0 Å². The van der Waals surface area contributed by atoms with Gasteiger partial charge in [-0.25, -0.2) is 22.0 Å². The molecule has 1 unspecified atom stereocenters. The summed E-state index contributed by atoms with van der Waals surface area (Å²) >= 11 is 0. The van der Waals surface area contributed by atoms with Crippen molar-refractivity contribution in [3.8, 4) is 0 Å². The Bertz CT molecular complexity index is 497. The van der Waals surface area contributed by atoms with Crippen molar-refractivity contribution in [1.29, 1.82) is 0 Å². The van der Waals surface area contributed by atoms with Gasteiger partial charge in [0.1, 0.15) is 6.67 Å². The van der Waals surface area contributed by atoms with Gasteiger partial charge in [0.2, 0.25) is 5.83 Å². The summed E-state index contributed by atoms with van der Waals surface area (Å²) in [6.07, 6.45) is -7.61. The molecule has 0 radical (unpaired) electrons. The van der Waals surface area contributed by atoms with Crippen LogP contribution in [-0.2, 0) is 4.74 Å². The molecular formula is C11H9F11O2. The summed E-state index contributed by atoms with van der Waals surface area (Å²) in [5.74, 6) is -25.8. The maximum atomic E-state index is 13.9. The van der Waals surface area contributed by atoms with E-state index >= 15 is 0 Å². The Morgan fingerprint density at radius 1 is 0.875 bits per heavy atom. The number of allylic oxidation sites excluding steroid dienone is 3. The molecule has 1 atom stereocenters. The van der Waals surface area contributed by atoms with Crippen LogP contribution in [0.15, 0.2) is 23.3 Å².